The third kappa shape index (κ3) is 4.40. The molecule has 2 aromatic carbocycles. The summed E-state index contributed by atoms with van der Waals surface area (Å²) in [6, 6.07) is 5.75. The highest BCUT2D eigenvalue weighted by Gasteiger charge is 2.47. The number of carboxylic acid groups (broad SMARTS) is 1. The Balaban J connectivity index is 1.88. The number of fused-ring (bicyclic) bond motifs is 1. The van der Waals surface area contributed by atoms with E-state index >= 15 is 0 Å². The molecule has 36 heavy (non-hydrogen) atoms. The standard InChI is InChI=1S/C22H20O14/c1-32-11-3-2-7(4-9(11)24)18-19(14(26)13-10(25)5-8(23)6-12(13)33-18)34-20-16(28)15(27)17(29)21(35-20)36-22(30)31/h2-6,15-17,20-21,23-25,27-29H,1H3,(H,30,31). The molecule has 0 radical (unpaired) electrons. The zero-order chi connectivity index (χ0) is 26.3. The van der Waals surface area contributed by atoms with Crippen LogP contribution in [0.4, 0.5) is 4.79 Å². The fraction of sp³-hybridized carbons (Fsp3) is 0.273. The summed E-state index contributed by atoms with van der Waals surface area (Å²) in [5.74, 6) is -2.46. The average Bonchev–Trinajstić information content (AvgIpc) is 2.81. The highest BCUT2D eigenvalue weighted by Crippen LogP contribution is 2.39. The predicted molar refractivity (Wildman–Crippen MR) is 116 cm³/mol. The van der Waals surface area contributed by atoms with Crippen LogP contribution in [0.25, 0.3) is 22.3 Å². The SMILES string of the molecule is COc1ccc(-c2oc3cc(O)cc(O)c3c(=O)c2OC2OC(OC(=O)O)C(O)C(O)C2O)cc1O. The lowest BCUT2D eigenvalue weighted by molar-refractivity contribution is -0.321. The summed E-state index contributed by atoms with van der Waals surface area (Å²) in [5.41, 5.74) is -1.26. The van der Waals surface area contributed by atoms with Crippen molar-refractivity contribution >= 4 is 17.1 Å². The van der Waals surface area contributed by atoms with Gasteiger partial charge in [0.1, 0.15) is 40.8 Å². The molecule has 5 atom stereocenters. The number of rotatable bonds is 5. The molecule has 1 aliphatic heterocycles. The number of hydrogen-bond donors (Lipinski definition) is 7. The van der Waals surface area contributed by atoms with E-state index in [1.54, 1.807) is 0 Å². The van der Waals surface area contributed by atoms with Gasteiger partial charge in [0.15, 0.2) is 17.3 Å². The Kier molecular flexibility index (Phi) is 6.51. The Morgan fingerprint density at radius 2 is 1.64 bits per heavy atom. The molecule has 1 saturated heterocycles. The molecule has 5 unspecified atom stereocenters. The van der Waals surface area contributed by atoms with Gasteiger partial charge in [0, 0.05) is 17.7 Å². The maximum absolute atomic E-state index is 13.4. The van der Waals surface area contributed by atoms with Crippen LogP contribution in [0.15, 0.2) is 39.5 Å². The van der Waals surface area contributed by atoms with Crippen LogP contribution in [0.2, 0.25) is 0 Å². The maximum Gasteiger partial charge on any atom is 0.508 e. The Hall–Kier alpha value is -4.24. The lowest BCUT2D eigenvalue weighted by atomic mass is 10.0. The molecule has 3 aromatic rings. The minimum Gasteiger partial charge on any atom is -0.508 e. The number of aliphatic hydroxyl groups excluding tert-OH is 3. The fourth-order valence-electron chi connectivity index (χ4n) is 3.62. The molecule has 7 N–H and O–H groups in total. The van der Waals surface area contributed by atoms with E-state index in [2.05, 4.69) is 4.74 Å². The number of hydrogen-bond acceptors (Lipinski definition) is 13. The van der Waals surface area contributed by atoms with Crippen molar-refractivity contribution in [1.82, 2.24) is 0 Å². The van der Waals surface area contributed by atoms with Crippen molar-refractivity contribution in [3.05, 3.63) is 40.6 Å². The number of aliphatic hydroxyl groups is 3. The number of ether oxygens (including phenoxy) is 4. The van der Waals surface area contributed by atoms with Gasteiger partial charge in [-0.1, -0.05) is 0 Å². The molecular formula is C22H20O14. The Labute approximate surface area is 200 Å². The van der Waals surface area contributed by atoms with Gasteiger partial charge in [0.05, 0.1) is 7.11 Å². The lowest BCUT2D eigenvalue weighted by Gasteiger charge is -2.38. The normalized spacial score (nSPS) is 23.8. The first-order chi connectivity index (χ1) is 17.0. The lowest BCUT2D eigenvalue weighted by Crippen LogP contribution is -2.60. The summed E-state index contributed by atoms with van der Waals surface area (Å²) in [6.45, 7) is 0. The third-order valence-electron chi connectivity index (χ3n) is 5.34. The molecule has 14 nitrogen and oxygen atoms in total. The highest BCUT2D eigenvalue weighted by molar-refractivity contribution is 5.88. The van der Waals surface area contributed by atoms with E-state index in [-0.39, 0.29) is 28.4 Å². The van der Waals surface area contributed by atoms with E-state index in [4.69, 9.17) is 23.7 Å². The molecular weight excluding hydrogens is 488 g/mol. The zero-order valence-electron chi connectivity index (χ0n) is 18.3. The molecule has 14 heteroatoms. The quantitative estimate of drug-likeness (QED) is 0.232. The van der Waals surface area contributed by atoms with Crippen LogP contribution in [-0.4, -0.2) is 79.9 Å². The topological polar surface area (TPSA) is 226 Å². The van der Waals surface area contributed by atoms with Crippen LogP contribution in [0, 0.1) is 0 Å². The number of aromatic hydroxyl groups is 3. The van der Waals surface area contributed by atoms with Crippen LogP contribution in [0.3, 0.4) is 0 Å². The van der Waals surface area contributed by atoms with Crippen LogP contribution in [-0.2, 0) is 9.47 Å². The number of methoxy groups -OCH3 is 1. The summed E-state index contributed by atoms with van der Waals surface area (Å²) in [5, 5.41) is 69.1. The minimum absolute atomic E-state index is 0.0364. The van der Waals surface area contributed by atoms with E-state index in [0.29, 0.717) is 0 Å². The van der Waals surface area contributed by atoms with Crippen LogP contribution in [0.5, 0.6) is 28.7 Å². The van der Waals surface area contributed by atoms with Gasteiger partial charge in [-0.2, -0.15) is 0 Å². The van der Waals surface area contributed by atoms with Gasteiger partial charge in [-0.25, -0.2) is 4.79 Å². The number of phenols is 3. The maximum atomic E-state index is 13.4. The molecule has 0 bridgehead atoms. The third-order valence-corrected chi connectivity index (χ3v) is 5.34. The summed E-state index contributed by atoms with van der Waals surface area (Å²) in [6.07, 6.45) is -11.9. The molecule has 0 aliphatic carbocycles. The first kappa shape index (κ1) is 24.9. The average molecular weight is 508 g/mol. The summed E-state index contributed by atoms with van der Waals surface area (Å²) in [7, 11) is 1.31. The molecule has 1 fully saturated rings. The van der Waals surface area contributed by atoms with Gasteiger partial charge in [-0.3, -0.25) is 9.53 Å². The second-order valence-electron chi connectivity index (χ2n) is 7.66. The Morgan fingerprint density at radius 1 is 0.944 bits per heavy atom. The van der Waals surface area contributed by atoms with Gasteiger partial charge in [-0.05, 0) is 18.2 Å². The Morgan fingerprint density at radius 3 is 2.28 bits per heavy atom. The summed E-state index contributed by atoms with van der Waals surface area (Å²) < 4.78 is 25.7. The molecule has 0 amide bonds. The van der Waals surface area contributed by atoms with Crippen molar-refractivity contribution in [3.8, 4) is 40.1 Å². The fourth-order valence-corrected chi connectivity index (χ4v) is 3.62. The first-order valence-electron chi connectivity index (χ1n) is 10.2. The van der Waals surface area contributed by atoms with E-state index in [1.165, 1.54) is 19.2 Å². The largest absolute Gasteiger partial charge is 0.508 e. The molecule has 0 spiro atoms. The molecule has 1 aliphatic rings. The van der Waals surface area contributed by atoms with Gasteiger partial charge >= 0.3 is 6.16 Å². The Bertz CT molecular complexity index is 1370. The smallest absolute Gasteiger partial charge is 0.508 e. The summed E-state index contributed by atoms with van der Waals surface area (Å²) in [4.78, 5) is 24.3. The number of benzene rings is 2. The highest BCUT2D eigenvalue weighted by atomic mass is 16.8. The van der Waals surface area contributed by atoms with E-state index < -0.39 is 65.1 Å². The van der Waals surface area contributed by atoms with Gasteiger partial charge in [0.25, 0.3) is 0 Å². The number of carbonyl (C=O) groups is 1. The summed E-state index contributed by atoms with van der Waals surface area (Å²) >= 11 is 0. The van der Waals surface area contributed by atoms with Gasteiger partial charge in [0.2, 0.25) is 23.8 Å². The monoisotopic (exact) mass is 508 g/mol. The predicted octanol–water partition coefficient (Wildman–Crippen LogP) is 0.424. The van der Waals surface area contributed by atoms with Crippen molar-refractivity contribution in [3.63, 3.8) is 0 Å². The van der Waals surface area contributed by atoms with Crippen LogP contribution < -0.4 is 14.9 Å². The molecule has 2 heterocycles. The first-order valence-corrected chi connectivity index (χ1v) is 10.2. The van der Waals surface area contributed by atoms with Crippen LogP contribution in [0.1, 0.15) is 0 Å². The van der Waals surface area contributed by atoms with E-state index in [0.717, 1.165) is 18.2 Å². The van der Waals surface area contributed by atoms with Crippen molar-refractivity contribution in [2.75, 3.05) is 7.11 Å². The van der Waals surface area contributed by atoms with Gasteiger partial charge < -0.3 is 54.4 Å². The molecule has 4 rings (SSSR count). The second-order valence-corrected chi connectivity index (χ2v) is 7.66. The van der Waals surface area contributed by atoms with Crippen LogP contribution >= 0.6 is 0 Å². The van der Waals surface area contributed by atoms with E-state index in [9.17, 15) is 40.2 Å². The molecule has 1 aromatic heterocycles. The van der Waals surface area contributed by atoms with Gasteiger partial charge in [-0.15, -0.1) is 0 Å². The zero-order valence-corrected chi connectivity index (χ0v) is 18.3. The second kappa shape index (κ2) is 9.43. The van der Waals surface area contributed by atoms with Crippen molar-refractivity contribution < 1.29 is 63.9 Å². The minimum atomic E-state index is -2.01. The number of phenolic OH excluding ortho intramolecular Hbond substituents is 3. The van der Waals surface area contributed by atoms with E-state index in [1.807, 2.05) is 0 Å². The van der Waals surface area contributed by atoms with Crippen molar-refractivity contribution in [2.24, 2.45) is 0 Å². The van der Waals surface area contributed by atoms with Crippen molar-refractivity contribution in [1.29, 1.82) is 0 Å². The van der Waals surface area contributed by atoms with Crippen molar-refractivity contribution in [2.45, 2.75) is 30.9 Å². The molecule has 0 saturated carbocycles. The molecule has 192 valence electrons.